The first-order chi connectivity index (χ1) is 16.5. The number of aliphatic hydroxyl groups is 2. The molecule has 9 heteroatoms. The van der Waals surface area contributed by atoms with E-state index in [0.717, 1.165) is 24.9 Å². The van der Waals surface area contributed by atoms with Gasteiger partial charge in [0, 0.05) is 25.1 Å². The number of benzene rings is 1. The smallest absolute Gasteiger partial charge is 0.220 e. The van der Waals surface area contributed by atoms with E-state index < -0.39 is 23.4 Å². The normalized spacial score (nSPS) is 32.0. The number of hydrogen-bond donors (Lipinski definition) is 2. The van der Waals surface area contributed by atoms with Gasteiger partial charge in [-0.3, -0.25) is 0 Å². The Labute approximate surface area is 200 Å². The quantitative estimate of drug-likeness (QED) is 0.357. The van der Waals surface area contributed by atoms with Crippen molar-refractivity contribution in [1.29, 1.82) is 0 Å². The summed E-state index contributed by atoms with van der Waals surface area (Å²) in [6, 6.07) is 4.00. The molecule has 2 N–H and O–H groups in total. The van der Waals surface area contributed by atoms with Crippen LogP contribution in [-0.4, -0.2) is 100.0 Å². The molecule has 5 rings (SSSR count). The summed E-state index contributed by atoms with van der Waals surface area (Å²) in [5.74, 6) is 1.87. The first-order valence-corrected chi connectivity index (χ1v) is 11.9. The van der Waals surface area contributed by atoms with Gasteiger partial charge in [-0.05, 0) is 44.1 Å². The van der Waals surface area contributed by atoms with Crippen molar-refractivity contribution in [1.82, 2.24) is 4.90 Å². The van der Waals surface area contributed by atoms with Crippen molar-refractivity contribution in [2.75, 3.05) is 60.8 Å². The topological polar surface area (TPSA) is 99.1 Å². The summed E-state index contributed by atoms with van der Waals surface area (Å²) in [6.07, 6.45) is 2.07. The molecule has 1 fully saturated rings. The molecule has 0 amide bonds. The lowest BCUT2D eigenvalue weighted by atomic mass is 9.50. The monoisotopic (exact) mass is 477 g/mol. The van der Waals surface area contributed by atoms with Crippen LogP contribution >= 0.6 is 0 Å². The predicted molar refractivity (Wildman–Crippen MR) is 122 cm³/mol. The second kappa shape index (κ2) is 9.29. The summed E-state index contributed by atoms with van der Waals surface area (Å²) in [4.78, 5) is 2.25. The first kappa shape index (κ1) is 23.8. The Kier molecular flexibility index (Phi) is 6.52. The highest BCUT2D eigenvalue weighted by Crippen LogP contribution is 2.65. The van der Waals surface area contributed by atoms with E-state index in [-0.39, 0.29) is 12.6 Å². The highest BCUT2D eigenvalue weighted by molar-refractivity contribution is 5.64. The Morgan fingerprint density at radius 3 is 2.76 bits per heavy atom. The van der Waals surface area contributed by atoms with Crippen molar-refractivity contribution in [3.05, 3.63) is 35.1 Å². The number of methoxy groups -OCH3 is 2. The molecule has 2 heterocycles. The Morgan fingerprint density at radius 1 is 1.18 bits per heavy atom. The zero-order valence-electron chi connectivity index (χ0n) is 20.1. The fourth-order valence-electron chi connectivity index (χ4n) is 6.34. The number of likely N-dealkylation sites (tertiary alicyclic amines) is 1. The molecule has 4 aliphatic rings. The fourth-order valence-corrected chi connectivity index (χ4v) is 6.34. The molecule has 9 nitrogen and oxygen atoms in total. The Balaban J connectivity index is 1.36. The van der Waals surface area contributed by atoms with Crippen LogP contribution in [0.2, 0.25) is 0 Å². The third-order valence-corrected chi connectivity index (χ3v) is 7.89. The molecule has 1 spiro atoms. The number of hydrogen-bond acceptors (Lipinski definition) is 9. The third kappa shape index (κ3) is 3.53. The maximum absolute atomic E-state index is 12.2. The molecule has 0 saturated carbocycles. The van der Waals surface area contributed by atoms with Gasteiger partial charge in [0.2, 0.25) is 6.29 Å². The van der Waals surface area contributed by atoms with Crippen LogP contribution in [0.25, 0.3) is 0 Å². The lowest BCUT2D eigenvalue weighted by molar-refractivity contribution is -0.180. The maximum atomic E-state index is 12.2. The highest BCUT2D eigenvalue weighted by Gasteiger charge is 2.72. The SMILES string of the molecule is COCCOCCOCC(O)OC1=CCC2(O)C3Cc4ccc(OC)c5c4C2(CCN3C)[C@H]1O5. The van der Waals surface area contributed by atoms with Crippen molar-refractivity contribution in [3.8, 4) is 11.5 Å². The lowest BCUT2D eigenvalue weighted by Crippen LogP contribution is -2.74. The molecule has 1 aromatic carbocycles. The Hall–Kier alpha value is -1.88. The highest BCUT2D eigenvalue weighted by atomic mass is 16.6. The predicted octanol–water partition coefficient (Wildman–Crippen LogP) is 0.988. The standard InChI is InChI=1S/C25H35NO8/c1-26-9-8-24-21-16-4-5-17(30-3)22(21)34-23(24)18(6-7-25(24,28)19(26)14-16)33-20(27)15-32-13-12-31-11-10-29-2/h4-6,19-20,23,27-28H,7-15H2,1-3H3/t19?,20?,23-,24?,25?/m0/s1. The van der Waals surface area contributed by atoms with E-state index in [1.165, 1.54) is 5.56 Å². The molecule has 34 heavy (non-hydrogen) atoms. The van der Waals surface area contributed by atoms with Crippen LogP contribution in [0.4, 0.5) is 0 Å². The van der Waals surface area contributed by atoms with Gasteiger partial charge in [-0.25, -0.2) is 0 Å². The van der Waals surface area contributed by atoms with Gasteiger partial charge in [-0.1, -0.05) is 6.07 Å². The number of ether oxygens (including phenoxy) is 6. The minimum Gasteiger partial charge on any atom is -0.493 e. The van der Waals surface area contributed by atoms with E-state index in [2.05, 4.69) is 18.0 Å². The van der Waals surface area contributed by atoms with Crippen molar-refractivity contribution >= 4 is 0 Å². The van der Waals surface area contributed by atoms with Crippen LogP contribution in [-0.2, 0) is 30.8 Å². The molecule has 5 atom stereocenters. The molecular formula is C25H35NO8. The second-order valence-corrected chi connectivity index (χ2v) is 9.54. The van der Waals surface area contributed by atoms with Crippen LogP contribution in [0.5, 0.6) is 11.5 Å². The Bertz CT molecular complexity index is 938. The summed E-state index contributed by atoms with van der Waals surface area (Å²) >= 11 is 0. The van der Waals surface area contributed by atoms with Crippen LogP contribution < -0.4 is 9.47 Å². The van der Waals surface area contributed by atoms with E-state index in [4.69, 9.17) is 28.4 Å². The zero-order valence-corrected chi connectivity index (χ0v) is 20.1. The molecule has 2 aliphatic heterocycles. The minimum absolute atomic E-state index is 0.00183. The van der Waals surface area contributed by atoms with Crippen LogP contribution in [0.3, 0.4) is 0 Å². The largest absolute Gasteiger partial charge is 0.493 e. The number of likely N-dealkylation sites (N-methyl/N-ethyl adjacent to an activating group) is 1. The van der Waals surface area contributed by atoms with Crippen molar-refractivity contribution < 1.29 is 38.6 Å². The molecule has 0 radical (unpaired) electrons. The molecule has 2 aliphatic carbocycles. The average molecular weight is 478 g/mol. The number of nitrogens with zero attached hydrogens (tertiary/aromatic N) is 1. The van der Waals surface area contributed by atoms with Crippen LogP contribution in [0, 0.1) is 0 Å². The lowest BCUT2D eigenvalue weighted by Gasteiger charge is -2.61. The van der Waals surface area contributed by atoms with Crippen molar-refractivity contribution in [2.45, 2.75) is 48.7 Å². The molecule has 1 aromatic rings. The number of piperidine rings is 1. The van der Waals surface area contributed by atoms with E-state index in [1.54, 1.807) is 14.2 Å². The van der Waals surface area contributed by atoms with Crippen LogP contribution in [0.1, 0.15) is 24.0 Å². The summed E-state index contributed by atoms with van der Waals surface area (Å²) < 4.78 is 33.9. The molecule has 0 aromatic heterocycles. The van der Waals surface area contributed by atoms with Crippen molar-refractivity contribution in [2.24, 2.45) is 0 Å². The van der Waals surface area contributed by atoms with Gasteiger partial charge in [0.15, 0.2) is 17.6 Å². The van der Waals surface area contributed by atoms with Gasteiger partial charge in [-0.15, -0.1) is 0 Å². The minimum atomic E-state index is -1.16. The molecule has 2 bridgehead atoms. The van der Waals surface area contributed by atoms with E-state index in [1.807, 2.05) is 12.1 Å². The molecule has 1 saturated heterocycles. The van der Waals surface area contributed by atoms with Gasteiger partial charge < -0.3 is 43.5 Å². The van der Waals surface area contributed by atoms with E-state index >= 15 is 0 Å². The second-order valence-electron chi connectivity index (χ2n) is 9.54. The van der Waals surface area contributed by atoms with Gasteiger partial charge in [0.05, 0.1) is 44.6 Å². The van der Waals surface area contributed by atoms with Gasteiger partial charge in [0.1, 0.15) is 12.4 Å². The maximum Gasteiger partial charge on any atom is 0.220 e. The van der Waals surface area contributed by atoms with Gasteiger partial charge in [0.25, 0.3) is 0 Å². The average Bonchev–Trinajstić information content (AvgIpc) is 3.18. The number of rotatable bonds is 11. The van der Waals surface area contributed by atoms with E-state index in [0.29, 0.717) is 50.1 Å². The Morgan fingerprint density at radius 2 is 1.97 bits per heavy atom. The molecule has 4 unspecified atom stereocenters. The van der Waals surface area contributed by atoms with Gasteiger partial charge in [-0.2, -0.15) is 0 Å². The summed E-state index contributed by atoms with van der Waals surface area (Å²) in [7, 11) is 5.32. The van der Waals surface area contributed by atoms with E-state index in [9.17, 15) is 10.2 Å². The van der Waals surface area contributed by atoms with Gasteiger partial charge >= 0.3 is 0 Å². The van der Waals surface area contributed by atoms with Crippen molar-refractivity contribution in [3.63, 3.8) is 0 Å². The summed E-state index contributed by atoms with van der Waals surface area (Å²) in [5, 5.41) is 22.7. The summed E-state index contributed by atoms with van der Waals surface area (Å²) in [5.41, 5.74) is 0.569. The third-order valence-electron chi connectivity index (χ3n) is 7.89. The fraction of sp³-hybridized carbons (Fsp3) is 0.680. The number of aliphatic hydroxyl groups excluding tert-OH is 1. The zero-order chi connectivity index (χ0) is 23.9. The van der Waals surface area contributed by atoms with Crippen LogP contribution in [0.15, 0.2) is 24.0 Å². The first-order valence-electron chi connectivity index (χ1n) is 11.9. The summed E-state index contributed by atoms with van der Waals surface area (Å²) in [6.45, 7) is 2.62. The molecular weight excluding hydrogens is 442 g/mol. The molecule has 188 valence electrons.